The third kappa shape index (κ3) is 6.27. The second-order valence-electron chi connectivity index (χ2n) is 5.53. The summed E-state index contributed by atoms with van der Waals surface area (Å²) in [6.07, 6.45) is 0.740. The van der Waals surface area contributed by atoms with E-state index in [2.05, 4.69) is 10.0 Å². The lowest BCUT2D eigenvalue weighted by Gasteiger charge is -2.13. The van der Waals surface area contributed by atoms with E-state index in [4.69, 9.17) is 0 Å². The molecular weight excluding hydrogens is 288 g/mol. The average Bonchev–Trinajstić information content (AvgIpc) is 2.37. The fourth-order valence-corrected chi connectivity index (χ4v) is 3.16. The Balaban J connectivity index is 2.79. The summed E-state index contributed by atoms with van der Waals surface area (Å²) in [5.41, 5.74) is 1.26. The van der Waals surface area contributed by atoms with Gasteiger partial charge in [-0.05, 0) is 31.0 Å². The zero-order chi connectivity index (χ0) is 16.0. The third-order valence-corrected chi connectivity index (χ3v) is 4.54. The van der Waals surface area contributed by atoms with Crippen molar-refractivity contribution in [2.75, 3.05) is 5.32 Å². The summed E-state index contributed by atoms with van der Waals surface area (Å²) in [6.45, 7) is 7.37. The van der Waals surface area contributed by atoms with E-state index in [1.807, 2.05) is 13.8 Å². The Morgan fingerprint density at radius 2 is 1.90 bits per heavy atom. The first-order valence-corrected chi connectivity index (χ1v) is 8.78. The largest absolute Gasteiger partial charge is 0.326 e. The van der Waals surface area contributed by atoms with Crippen LogP contribution < -0.4 is 10.0 Å². The normalized spacial score (nSPS) is 13.2. The number of benzene rings is 1. The molecule has 0 heterocycles. The zero-order valence-corrected chi connectivity index (χ0v) is 13.8. The molecule has 0 saturated heterocycles. The van der Waals surface area contributed by atoms with Gasteiger partial charge in [-0.25, -0.2) is 13.1 Å². The van der Waals surface area contributed by atoms with Crippen molar-refractivity contribution in [2.24, 2.45) is 5.92 Å². The second-order valence-corrected chi connectivity index (χ2v) is 7.28. The molecule has 118 valence electrons. The molecular formula is C15H24N2O3S. The minimum atomic E-state index is -3.37. The minimum absolute atomic E-state index is 0.0844. The van der Waals surface area contributed by atoms with Crippen LogP contribution in [-0.2, 0) is 20.6 Å². The number of hydrogen-bond acceptors (Lipinski definition) is 3. The summed E-state index contributed by atoms with van der Waals surface area (Å²) in [5, 5.41) is 2.77. The predicted octanol–water partition coefficient (Wildman–Crippen LogP) is 2.50. The molecule has 0 aromatic heterocycles. The molecule has 0 aliphatic carbocycles. The van der Waals surface area contributed by atoms with Gasteiger partial charge in [-0.1, -0.05) is 32.9 Å². The van der Waals surface area contributed by atoms with Crippen LogP contribution in [0.5, 0.6) is 0 Å². The summed E-state index contributed by atoms with van der Waals surface area (Å²) >= 11 is 0. The monoisotopic (exact) mass is 312 g/mol. The van der Waals surface area contributed by atoms with Crippen LogP contribution in [0.2, 0.25) is 0 Å². The van der Waals surface area contributed by atoms with Crippen molar-refractivity contribution in [3.05, 3.63) is 29.8 Å². The molecule has 1 aromatic rings. The first-order valence-electron chi connectivity index (χ1n) is 7.13. The van der Waals surface area contributed by atoms with Crippen molar-refractivity contribution >= 4 is 21.6 Å². The second kappa shape index (κ2) is 7.56. The molecule has 2 N–H and O–H groups in total. The van der Waals surface area contributed by atoms with Crippen LogP contribution in [0.3, 0.4) is 0 Å². The zero-order valence-electron chi connectivity index (χ0n) is 13.0. The standard InChI is InChI=1S/C15H24N2O3S/c1-5-12(4)17-21(19,20)10-13-7-6-8-14(9-13)16-15(18)11(2)3/h6-9,11-12,17H,5,10H2,1-4H3,(H,16,18)/t12-/m1/s1. The number of rotatable bonds is 7. The van der Waals surface area contributed by atoms with E-state index in [1.165, 1.54) is 0 Å². The van der Waals surface area contributed by atoms with E-state index >= 15 is 0 Å². The highest BCUT2D eigenvalue weighted by Crippen LogP contribution is 2.14. The van der Waals surface area contributed by atoms with Crippen molar-refractivity contribution in [2.45, 2.75) is 45.9 Å². The van der Waals surface area contributed by atoms with Gasteiger partial charge in [0.05, 0.1) is 5.75 Å². The summed E-state index contributed by atoms with van der Waals surface area (Å²) in [7, 11) is -3.37. The van der Waals surface area contributed by atoms with Crippen LogP contribution >= 0.6 is 0 Å². The maximum Gasteiger partial charge on any atom is 0.226 e. The first kappa shape index (κ1) is 17.7. The van der Waals surface area contributed by atoms with Crippen molar-refractivity contribution < 1.29 is 13.2 Å². The van der Waals surface area contributed by atoms with Crippen molar-refractivity contribution in [3.8, 4) is 0 Å². The summed E-state index contributed by atoms with van der Waals surface area (Å²) < 4.78 is 26.6. The smallest absolute Gasteiger partial charge is 0.226 e. The van der Waals surface area contributed by atoms with Crippen LogP contribution in [0.1, 0.15) is 39.7 Å². The number of hydrogen-bond donors (Lipinski definition) is 2. The molecule has 0 radical (unpaired) electrons. The number of sulfonamides is 1. The Hall–Kier alpha value is -1.40. The van der Waals surface area contributed by atoms with Gasteiger partial charge >= 0.3 is 0 Å². The third-order valence-electron chi connectivity index (χ3n) is 3.07. The van der Waals surface area contributed by atoms with E-state index in [0.717, 1.165) is 6.42 Å². The Kier molecular flexibility index (Phi) is 6.36. The summed E-state index contributed by atoms with van der Waals surface area (Å²) in [5.74, 6) is -0.305. The van der Waals surface area contributed by atoms with Gasteiger partial charge in [0.1, 0.15) is 0 Å². The lowest BCUT2D eigenvalue weighted by molar-refractivity contribution is -0.118. The van der Waals surface area contributed by atoms with Crippen LogP contribution in [0.25, 0.3) is 0 Å². The summed E-state index contributed by atoms with van der Waals surface area (Å²) in [6, 6.07) is 6.83. The van der Waals surface area contributed by atoms with Gasteiger partial charge in [0.15, 0.2) is 0 Å². The Labute approximate surface area is 127 Å². The molecule has 1 aromatic carbocycles. The molecule has 0 aliphatic heterocycles. The molecule has 0 saturated carbocycles. The number of carbonyl (C=O) groups is 1. The maximum atomic E-state index is 12.0. The Bertz CT molecular complexity index is 582. The van der Waals surface area contributed by atoms with E-state index < -0.39 is 10.0 Å². The van der Waals surface area contributed by atoms with Crippen molar-refractivity contribution in [1.82, 2.24) is 4.72 Å². The molecule has 0 bridgehead atoms. The van der Waals surface area contributed by atoms with Gasteiger partial charge in [-0.3, -0.25) is 4.79 Å². The van der Waals surface area contributed by atoms with E-state index in [-0.39, 0.29) is 23.6 Å². The fraction of sp³-hybridized carbons (Fsp3) is 0.533. The van der Waals surface area contributed by atoms with Crippen molar-refractivity contribution in [1.29, 1.82) is 0 Å². The van der Waals surface area contributed by atoms with Crippen LogP contribution in [0, 0.1) is 5.92 Å². The molecule has 5 nitrogen and oxygen atoms in total. The molecule has 21 heavy (non-hydrogen) atoms. The number of anilines is 1. The molecule has 1 amide bonds. The number of amides is 1. The van der Waals surface area contributed by atoms with Crippen LogP contribution in [0.15, 0.2) is 24.3 Å². The molecule has 0 aliphatic rings. The van der Waals surface area contributed by atoms with Crippen LogP contribution in [-0.4, -0.2) is 20.4 Å². The van der Waals surface area contributed by atoms with Gasteiger partial charge < -0.3 is 5.32 Å². The molecule has 0 fully saturated rings. The topological polar surface area (TPSA) is 75.3 Å². The molecule has 1 atom stereocenters. The lowest BCUT2D eigenvalue weighted by atomic mass is 10.2. The highest BCUT2D eigenvalue weighted by Gasteiger charge is 2.15. The lowest BCUT2D eigenvalue weighted by Crippen LogP contribution is -2.33. The van der Waals surface area contributed by atoms with Gasteiger partial charge in [0, 0.05) is 17.6 Å². The van der Waals surface area contributed by atoms with Gasteiger partial charge in [0.2, 0.25) is 15.9 Å². The molecule has 0 unspecified atom stereocenters. The van der Waals surface area contributed by atoms with Crippen LogP contribution in [0.4, 0.5) is 5.69 Å². The quantitative estimate of drug-likeness (QED) is 0.812. The Morgan fingerprint density at radius 1 is 1.24 bits per heavy atom. The van der Waals surface area contributed by atoms with E-state index in [9.17, 15) is 13.2 Å². The molecule has 1 rings (SSSR count). The van der Waals surface area contributed by atoms with Gasteiger partial charge in [-0.2, -0.15) is 0 Å². The SMILES string of the molecule is CC[C@@H](C)NS(=O)(=O)Cc1cccc(NC(=O)C(C)C)c1. The van der Waals surface area contributed by atoms with Crippen molar-refractivity contribution in [3.63, 3.8) is 0 Å². The molecule has 0 spiro atoms. The van der Waals surface area contributed by atoms with Gasteiger partial charge in [0.25, 0.3) is 0 Å². The maximum absolute atomic E-state index is 12.0. The van der Waals surface area contributed by atoms with Gasteiger partial charge in [-0.15, -0.1) is 0 Å². The number of nitrogens with one attached hydrogen (secondary N) is 2. The first-order chi connectivity index (χ1) is 9.73. The van der Waals surface area contributed by atoms with E-state index in [1.54, 1.807) is 38.1 Å². The fourth-order valence-electron chi connectivity index (χ4n) is 1.68. The number of carbonyl (C=O) groups excluding carboxylic acids is 1. The van der Waals surface area contributed by atoms with E-state index in [0.29, 0.717) is 11.3 Å². The summed E-state index contributed by atoms with van der Waals surface area (Å²) in [4.78, 5) is 11.7. The highest BCUT2D eigenvalue weighted by molar-refractivity contribution is 7.88. The minimum Gasteiger partial charge on any atom is -0.326 e. The Morgan fingerprint density at radius 3 is 2.48 bits per heavy atom. The molecule has 6 heteroatoms. The predicted molar refractivity (Wildman–Crippen MR) is 85.4 cm³/mol. The highest BCUT2D eigenvalue weighted by atomic mass is 32.2. The average molecular weight is 312 g/mol.